The second-order valence-electron chi connectivity index (χ2n) is 13.4. The Labute approximate surface area is 242 Å². The molecule has 4 atom stereocenters. The Balaban J connectivity index is 1.46. The molecule has 0 spiro atoms. The maximum Gasteiger partial charge on any atom is 0.419 e. The molecule has 11 heteroatoms. The van der Waals surface area contributed by atoms with Gasteiger partial charge in [-0.15, -0.1) is 0 Å². The van der Waals surface area contributed by atoms with E-state index in [9.17, 15) is 33.1 Å². The molecule has 3 aliphatic heterocycles. The highest BCUT2D eigenvalue weighted by Crippen LogP contribution is 2.50. The first-order valence-corrected chi connectivity index (χ1v) is 14.8. The van der Waals surface area contributed by atoms with E-state index in [4.69, 9.17) is 4.74 Å². The van der Waals surface area contributed by atoms with Crippen LogP contribution >= 0.6 is 0 Å². The zero-order valence-electron chi connectivity index (χ0n) is 24.1. The normalized spacial score (nSPS) is 27.1. The molecule has 6 rings (SSSR count). The highest BCUT2D eigenvalue weighted by molar-refractivity contribution is 5.98. The fourth-order valence-corrected chi connectivity index (χ4v) is 7.63. The van der Waals surface area contributed by atoms with Crippen molar-refractivity contribution in [3.63, 3.8) is 0 Å². The van der Waals surface area contributed by atoms with Gasteiger partial charge < -0.3 is 19.6 Å². The van der Waals surface area contributed by atoms with Gasteiger partial charge in [0.1, 0.15) is 11.6 Å². The average molecular weight is 586 g/mol. The van der Waals surface area contributed by atoms with Crippen LogP contribution in [-0.2, 0) is 25.5 Å². The van der Waals surface area contributed by atoms with Gasteiger partial charge in [-0.1, -0.05) is 18.2 Å². The summed E-state index contributed by atoms with van der Waals surface area (Å²) in [4.78, 5) is 56.8. The Kier molecular flexibility index (Phi) is 6.85. The molecule has 2 amide bonds. The van der Waals surface area contributed by atoms with Gasteiger partial charge in [0.25, 0.3) is 0 Å². The van der Waals surface area contributed by atoms with Gasteiger partial charge in [-0.05, 0) is 63.5 Å². The van der Waals surface area contributed by atoms with Crippen molar-refractivity contribution in [2.45, 2.75) is 102 Å². The van der Waals surface area contributed by atoms with Crippen LogP contribution in [0.25, 0.3) is 10.9 Å². The lowest BCUT2D eigenvalue weighted by Gasteiger charge is -2.52. The molecule has 4 heterocycles. The zero-order chi connectivity index (χ0) is 30.1. The lowest BCUT2D eigenvalue weighted by Crippen LogP contribution is -2.65. The standard InChI is InChI=1S/C31H37F2N3O6/c1-30(2,3)42-29(41)36-21-7-5-4-6-19(21)20-15-23-28(40)34-16-18(14-25(38)39)12-22(34)27(26(20)36)35(23)24(37)13-17-8-10-31(32,33)11-9-17/h4-7,17-18,22-23,27H,8-16H2,1-3H3,(H,38,39)/t18-,22+,23+,27+/m1/s1. The molecule has 1 N–H and O–H groups in total. The minimum atomic E-state index is -2.72. The van der Waals surface area contributed by atoms with Gasteiger partial charge >= 0.3 is 12.1 Å². The Bertz CT molecular complexity index is 1450. The summed E-state index contributed by atoms with van der Waals surface area (Å²) in [5.74, 6) is -4.71. The second kappa shape index (κ2) is 10.1. The number of carbonyl (C=O) groups is 4. The number of hydrogen-bond donors (Lipinski definition) is 1. The maximum atomic E-state index is 14.1. The van der Waals surface area contributed by atoms with Crippen molar-refractivity contribution in [1.29, 1.82) is 0 Å². The van der Waals surface area contributed by atoms with Crippen molar-refractivity contribution in [1.82, 2.24) is 14.4 Å². The third kappa shape index (κ3) is 4.94. The van der Waals surface area contributed by atoms with Crippen molar-refractivity contribution >= 4 is 34.8 Å². The zero-order valence-corrected chi connectivity index (χ0v) is 24.1. The summed E-state index contributed by atoms with van der Waals surface area (Å²) in [7, 11) is 0. The highest BCUT2D eigenvalue weighted by atomic mass is 19.3. The Morgan fingerprint density at radius 1 is 1.07 bits per heavy atom. The first-order chi connectivity index (χ1) is 19.7. The molecule has 9 nitrogen and oxygen atoms in total. The quantitative estimate of drug-likeness (QED) is 0.532. The summed E-state index contributed by atoms with van der Waals surface area (Å²) in [5.41, 5.74) is 1.22. The fourth-order valence-electron chi connectivity index (χ4n) is 7.63. The number of aliphatic carboxylic acids is 1. The average Bonchev–Trinajstić information content (AvgIpc) is 3.45. The summed E-state index contributed by atoms with van der Waals surface area (Å²) >= 11 is 0. The van der Waals surface area contributed by atoms with Crippen molar-refractivity contribution in [3.05, 3.63) is 35.5 Å². The number of carboxylic acids is 1. The van der Waals surface area contributed by atoms with Crippen LogP contribution in [0.3, 0.4) is 0 Å². The van der Waals surface area contributed by atoms with E-state index in [2.05, 4.69) is 0 Å². The smallest absolute Gasteiger partial charge is 0.419 e. The van der Waals surface area contributed by atoms with Crippen molar-refractivity contribution < 1.29 is 37.8 Å². The number of halogens is 2. The highest BCUT2D eigenvalue weighted by Gasteiger charge is 2.57. The molecule has 2 bridgehead atoms. The summed E-state index contributed by atoms with van der Waals surface area (Å²) in [6.07, 6.45) is -0.156. The van der Waals surface area contributed by atoms with Crippen LogP contribution in [0.1, 0.15) is 83.0 Å². The minimum absolute atomic E-state index is 0.0453. The topological polar surface area (TPSA) is 109 Å². The third-order valence-corrected chi connectivity index (χ3v) is 9.32. The first-order valence-electron chi connectivity index (χ1n) is 14.8. The number of amides is 2. The lowest BCUT2D eigenvalue weighted by molar-refractivity contribution is -0.162. The van der Waals surface area contributed by atoms with Crippen molar-refractivity contribution in [2.75, 3.05) is 6.54 Å². The van der Waals surface area contributed by atoms with E-state index in [0.29, 0.717) is 17.6 Å². The van der Waals surface area contributed by atoms with Crippen LogP contribution in [-0.4, -0.2) is 73.5 Å². The number of alkyl halides is 2. The first kappa shape index (κ1) is 28.6. The largest absolute Gasteiger partial charge is 0.481 e. The van der Waals surface area contributed by atoms with Gasteiger partial charge in [0.05, 0.1) is 23.3 Å². The Morgan fingerprint density at radius 2 is 1.76 bits per heavy atom. The van der Waals surface area contributed by atoms with Crippen LogP contribution in [0.2, 0.25) is 0 Å². The van der Waals surface area contributed by atoms with E-state index >= 15 is 0 Å². The Hall–Kier alpha value is -3.50. The van der Waals surface area contributed by atoms with Crippen LogP contribution in [0.5, 0.6) is 0 Å². The molecule has 0 radical (unpaired) electrons. The summed E-state index contributed by atoms with van der Waals surface area (Å²) in [6, 6.07) is 5.35. The number of benzene rings is 1. The minimum Gasteiger partial charge on any atom is -0.481 e. The number of hydrogen-bond acceptors (Lipinski definition) is 5. The van der Waals surface area contributed by atoms with Crippen molar-refractivity contribution in [3.8, 4) is 0 Å². The van der Waals surface area contributed by atoms with Crippen LogP contribution in [0.4, 0.5) is 13.6 Å². The summed E-state index contributed by atoms with van der Waals surface area (Å²) < 4.78 is 35.1. The van der Waals surface area contributed by atoms with Crippen molar-refractivity contribution in [2.24, 2.45) is 11.8 Å². The molecule has 4 aliphatic rings. The van der Waals surface area contributed by atoms with Gasteiger partial charge in [-0.2, -0.15) is 0 Å². The molecular weight excluding hydrogens is 548 g/mol. The Morgan fingerprint density at radius 3 is 2.43 bits per heavy atom. The maximum absolute atomic E-state index is 14.1. The number of rotatable bonds is 4. The lowest BCUT2D eigenvalue weighted by atomic mass is 9.80. The molecule has 1 saturated carbocycles. The molecule has 1 aromatic heterocycles. The number of carbonyl (C=O) groups excluding carboxylic acids is 3. The summed E-state index contributed by atoms with van der Waals surface area (Å²) in [6.45, 7) is 5.59. The molecule has 226 valence electrons. The predicted molar refractivity (Wildman–Crippen MR) is 148 cm³/mol. The van der Waals surface area contributed by atoms with E-state index in [0.717, 1.165) is 10.9 Å². The van der Waals surface area contributed by atoms with Gasteiger partial charge in [0, 0.05) is 44.0 Å². The number of fused-ring (bicyclic) bond motifs is 8. The van der Waals surface area contributed by atoms with E-state index < -0.39 is 41.7 Å². The summed E-state index contributed by atoms with van der Waals surface area (Å²) in [5, 5.41) is 10.3. The van der Waals surface area contributed by atoms with Crippen LogP contribution in [0.15, 0.2) is 24.3 Å². The number of nitrogens with zero attached hydrogens (tertiary/aromatic N) is 3. The molecule has 42 heavy (non-hydrogen) atoms. The van der Waals surface area contributed by atoms with Gasteiger partial charge in [0.2, 0.25) is 17.7 Å². The molecule has 1 aliphatic carbocycles. The molecule has 3 fully saturated rings. The van der Waals surface area contributed by atoms with E-state index in [1.54, 1.807) is 30.6 Å². The monoisotopic (exact) mass is 585 g/mol. The van der Waals surface area contributed by atoms with Gasteiger partial charge in [-0.25, -0.2) is 18.1 Å². The molecule has 0 unspecified atom stereocenters. The van der Waals surface area contributed by atoms with Crippen LogP contribution < -0.4 is 0 Å². The van der Waals surface area contributed by atoms with E-state index in [1.807, 2.05) is 24.3 Å². The number of ether oxygens (including phenoxy) is 1. The van der Waals surface area contributed by atoms with Crippen LogP contribution in [0, 0.1) is 11.8 Å². The van der Waals surface area contributed by atoms with Gasteiger partial charge in [0.15, 0.2) is 0 Å². The SMILES string of the molecule is CC(C)(C)OC(=O)n1c2c(c3ccccc31)C[C@H]1C(=O)N3C[C@@H](CC(=O)O)C[C@H]3[C@@H]2N1C(=O)CC1CCC(F)(F)CC1. The molecule has 1 aromatic carbocycles. The number of aromatic nitrogens is 1. The van der Waals surface area contributed by atoms with E-state index in [-0.39, 0.29) is 75.1 Å². The number of piperazine rings is 1. The predicted octanol–water partition coefficient (Wildman–Crippen LogP) is 5.14. The molecule has 2 aromatic rings. The fraction of sp³-hybridized carbons (Fsp3) is 0.613. The third-order valence-electron chi connectivity index (χ3n) is 9.32. The molecular formula is C31H37F2N3O6. The number of para-hydroxylation sites is 1. The van der Waals surface area contributed by atoms with E-state index in [1.165, 1.54) is 4.57 Å². The van der Waals surface area contributed by atoms with Gasteiger partial charge in [-0.3, -0.25) is 14.4 Å². The second-order valence-corrected chi connectivity index (χ2v) is 13.4. The molecule has 2 saturated heterocycles. The number of carboxylic acid groups (broad SMARTS) is 1.